The van der Waals surface area contributed by atoms with E-state index in [0.29, 0.717) is 5.41 Å². The highest BCUT2D eigenvalue weighted by atomic mass is 16.3. The summed E-state index contributed by atoms with van der Waals surface area (Å²) in [6.45, 7) is 7.41. The maximum Gasteiger partial charge on any atom is 0.0577 e. The number of rotatable bonds is 5. The third kappa shape index (κ3) is 3.43. The highest BCUT2D eigenvalue weighted by molar-refractivity contribution is 5.20. The zero-order valence-electron chi connectivity index (χ0n) is 17.6. The van der Waals surface area contributed by atoms with Crippen molar-refractivity contribution < 1.29 is 6.53 Å². The molecule has 0 amide bonds. The Morgan fingerprint density at radius 3 is 2.77 bits per heavy atom. The molecule has 0 aromatic heterocycles. The van der Waals surface area contributed by atoms with Crippen molar-refractivity contribution in [2.24, 2.45) is 40.9 Å². The van der Waals surface area contributed by atoms with E-state index in [0.717, 1.165) is 48.3 Å². The number of hydrogen-bond acceptors (Lipinski definition) is 1. The van der Waals surface area contributed by atoms with Gasteiger partial charge in [-0.05, 0) is 98.7 Å². The first kappa shape index (κ1) is 19.0. The number of aliphatic hydroxyl groups is 1. The van der Waals surface area contributed by atoms with E-state index in [9.17, 15) is 5.11 Å². The highest BCUT2D eigenvalue weighted by Crippen LogP contribution is 2.64. The normalized spacial score (nSPS) is 45.0. The maximum absolute atomic E-state index is 10.1. The summed E-state index contributed by atoms with van der Waals surface area (Å²) in [5.74, 6) is 5.58. The molecule has 4 rings (SSSR count). The first-order valence-corrected chi connectivity index (χ1v) is 11.9. The van der Waals surface area contributed by atoms with Crippen LogP contribution >= 0.6 is 0 Å². The number of hydrogen-bond donors (Lipinski definition) is 1. The van der Waals surface area contributed by atoms with Crippen LogP contribution in [0.25, 0.3) is 0 Å². The van der Waals surface area contributed by atoms with Gasteiger partial charge in [0.2, 0.25) is 0 Å². The minimum Gasteiger partial charge on any atom is -0.393 e. The lowest BCUT2D eigenvalue weighted by molar-refractivity contribution is -0.0200. The van der Waals surface area contributed by atoms with Gasteiger partial charge in [0.05, 0.1) is 6.10 Å². The van der Waals surface area contributed by atoms with E-state index in [4.69, 9.17) is 0 Å². The molecule has 0 spiro atoms. The van der Waals surface area contributed by atoms with Crippen LogP contribution in [0, 0.1) is 40.9 Å². The number of unbranched alkanes of at least 4 members (excludes halogenated alkanes) is 1. The molecule has 1 N–H and O–H groups in total. The lowest BCUT2D eigenvalue weighted by Gasteiger charge is -2.54. The standard InChI is InChI=1S/C25H42O.H2/c1-17(2)6-4-5-7-19-9-13-24-23-11-8-18-16-20(26)10-12-21(18)22(23)14-15-25(19,24)3;/h8,17,19-24,26H,4-7,9-16H2,1-3H3;1H. The molecule has 0 aliphatic heterocycles. The molecular weight excluding hydrogens is 316 g/mol. The van der Waals surface area contributed by atoms with Crippen molar-refractivity contribution in [1.82, 2.24) is 0 Å². The Balaban J connectivity index is 0.00000210. The van der Waals surface area contributed by atoms with Crippen LogP contribution in [0.2, 0.25) is 0 Å². The van der Waals surface area contributed by atoms with Crippen LogP contribution in [-0.4, -0.2) is 11.2 Å². The van der Waals surface area contributed by atoms with Crippen molar-refractivity contribution in [2.45, 2.75) is 104 Å². The Labute approximate surface area is 163 Å². The summed E-state index contributed by atoms with van der Waals surface area (Å²) in [6.07, 6.45) is 18.9. The van der Waals surface area contributed by atoms with Gasteiger partial charge in [-0.15, -0.1) is 0 Å². The van der Waals surface area contributed by atoms with Gasteiger partial charge in [-0.1, -0.05) is 51.7 Å². The van der Waals surface area contributed by atoms with E-state index in [1.165, 1.54) is 64.2 Å². The molecule has 3 fully saturated rings. The van der Waals surface area contributed by atoms with Gasteiger partial charge in [-0.2, -0.15) is 0 Å². The molecule has 4 aliphatic carbocycles. The third-order valence-corrected chi connectivity index (χ3v) is 9.20. The third-order valence-electron chi connectivity index (χ3n) is 9.20. The molecule has 0 bridgehead atoms. The Bertz CT molecular complexity index is 526. The van der Waals surface area contributed by atoms with Crippen molar-refractivity contribution >= 4 is 0 Å². The first-order chi connectivity index (χ1) is 12.5. The zero-order chi connectivity index (χ0) is 18.3. The Hall–Kier alpha value is -0.300. The smallest absolute Gasteiger partial charge is 0.0577 e. The monoisotopic (exact) mass is 360 g/mol. The molecule has 1 heteroatoms. The minimum absolute atomic E-state index is 0. The molecule has 0 heterocycles. The second-order valence-corrected chi connectivity index (χ2v) is 11.0. The fraction of sp³-hybridized carbons (Fsp3) is 0.920. The summed E-state index contributed by atoms with van der Waals surface area (Å²) in [7, 11) is 0. The van der Waals surface area contributed by atoms with E-state index in [-0.39, 0.29) is 7.53 Å². The summed E-state index contributed by atoms with van der Waals surface area (Å²) in [4.78, 5) is 0. The lowest BCUT2D eigenvalue weighted by atomic mass is 9.51. The highest BCUT2D eigenvalue weighted by Gasteiger charge is 2.55. The average Bonchev–Trinajstić information content (AvgIpc) is 2.94. The number of allylic oxidation sites excluding steroid dienone is 1. The predicted molar refractivity (Wildman–Crippen MR) is 112 cm³/mol. The molecular formula is C25H44O. The molecule has 4 aliphatic rings. The Kier molecular flexibility index (Phi) is 5.57. The number of fused-ring (bicyclic) bond motifs is 5. The zero-order valence-corrected chi connectivity index (χ0v) is 17.6. The molecule has 7 unspecified atom stereocenters. The van der Waals surface area contributed by atoms with Crippen LogP contribution in [0.3, 0.4) is 0 Å². The Morgan fingerprint density at radius 1 is 1.12 bits per heavy atom. The van der Waals surface area contributed by atoms with E-state index in [1.807, 2.05) is 0 Å². The molecule has 7 atom stereocenters. The SMILES string of the molecule is CC(C)CCCCC1CCC2C3CC=C4CC(O)CCC4C3CCC12C.[HH]. The van der Waals surface area contributed by atoms with Crippen molar-refractivity contribution in [1.29, 1.82) is 0 Å². The van der Waals surface area contributed by atoms with Crippen LogP contribution in [0.5, 0.6) is 0 Å². The quantitative estimate of drug-likeness (QED) is 0.413. The van der Waals surface area contributed by atoms with Crippen LogP contribution in [-0.2, 0) is 0 Å². The first-order valence-electron chi connectivity index (χ1n) is 11.9. The average molecular weight is 361 g/mol. The van der Waals surface area contributed by atoms with Crippen molar-refractivity contribution in [3.63, 3.8) is 0 Å². The van der Waals surface area contributed by atoms with E-state index < -0.39 is 0 Å². The Morgan fingerprint density at radius 2 is 1.96 bits per heavy atom. The van der Waals surface area contributed by atoms with Gasteiger partial charge < -0.3 is 5.11 Å². The maximum atomic E-state index is 10.1. The summed E-state index contributed by atoms with van der Waals surface area (Å²) in [6, 6.07) is 0. The summed E-state index contributed by atoms with van der Waals surface area (Å²) < 4.78 is 0. The van der Waals surface area contributed by atoms with Gasteiger partial charge in [-0.25, -0.2) is 0 Å². The molecule has 0 aromatic rings. The summed E-state index contributed by atoms with van der Waals surface area (Å²) in [5, 5.41) is 10.1. The molecule has 1 nitrogen and oxygen atoms in total. The summed E-state index contributed by atoms with van der Waals surface area (Å²) in [5.41, 5.74) is 2.27. The van der Waals surface area contributed by atoms with Crippen LogP contribution < -0.4 is 0 Å². The largest absolute Gasteiger partial charge is 0.393 e. The fourth-order valence-corrected chi connectivity index (χ4v) is 7.78. The molecule has 0 saturated heterocycles. The molecule has 150 valence electrons. The van der Waals surface area contributed by atoms with Gasteiger partial charge in [0.25, 0.3) is 0 Å². The van der Waals surface area contributed by atoms with Crippen molar-refractivity contribution in [3.8, 4) is 0 Å². The molecule has 26 heavy (non-hydrogen) atoms. The molecule has 0 radical (unpaired) electrons. The van der Waals surface area contributed by atoms with Gasteiger partial charge in [0.1, 0.15) is 0 Å². The minimum atomic E-state index is -0.0513. The second-order valence-electron chi connectivity index (χ2n) is 11.0. The van der Waals surface area contributed by atoms with Gasteiger partial charge in [0.15, 0.2) is 0 Å². The van der Waals surface area contributed by atoms with Crippen LogP contribution in [0.4, 0.5) is 0 Å². The van der Waals surface area contributed by atoms with Crippen molar-refractivity contribution in [2.75, 3.05) is 0 Å². The van der Waals surface area contributed by atoms with Crippen LogP contribution in [0.15, 0.2) is 11.6 Å². The van der Waals surface area contributed by atoms with Crippen LogP contribution in [0.1, 0.15) is 99.2 Å². The molecule has 0 aromatic carbocycles. The lowest BCUT2D eigenvalue weighted by Crippen LogP contribution is -2.46. The predicted octanol–water partition coefficient (Wildman–Crippen LogP) is 7.00. The fourth-order valence-electron chi connectivity index (χ4n) is 7.78. The van der Waals surface area contributed by atoms with E-state index in [1.54, 1.807) is 5.57 Å². The van der Waals surface area contributed by atoms with E-state index in [2.05, 4.69) is 26.8 Å². The topological polar surface area (TPSA) is 20.2 Å². The van der Waals surface area contributed by atoms with E-state index >= 15 is 0 Å². The van der Waals surface area contributed by atoms with Gasteiger partial charge >= 0.3 is 0 Å². The van der Waals surface area contributed by atoms with Gasteiger partial charge in [-0.3, -0.25) is 0 Å². The summed E-state index contributed by atoms with van der Waals surface area (Å²) >= 11 is 0. The van der Waals surface area contributed by atoms with Gasteiger partial charge in [0, 0.05) is 1.43 Å². The van der Waals surface area contributed by atoms with Crippen molar-refractivity contribution in [3.05, 3.63) is 11.6 Å². The second kappa shape index (κ2) is 7.61. The number of aliphatic hydroxyl groups excluding tert-OH is 1. The molecule has 3 saturated carbocycles.